The normalized spacial score (nSPS) is 13.8. The van der Waals surface area contributed by atoms with Gasteiger partial charge in [0.05, 0.1) is 0 Å². The van der Waals surface area contributed by atoms with Gasteiger partial charge in [-0.3, -0.25) is 0 Å². The van der Waals surface area contributed by atoms with Gasteiger partial charge in [0.1, 0.15) is 0 Å². The van der Waals surface area contributed by atoms with Crippen molar-refractivity contribution in [1.29, 1.82) is 0 Å². The molecule has 2 rings (SSSR count). The van der Waals surface area contributed by atoms with Gasteiger partial charge in [-0.1, -0.05) is 35.9 Å². The molecule has 1 aliphatic rings. The lowest BCUT2D eigenvalue weighted by atomic mass is 10.0. The van der Waals surface area contributed by atoms with Crippen LogP contribution in [0.25, 0.3) is 6.08 Å². The molecule has 1 aliphatic carbocycles. The fourth-order valence-corrected chi connectivity index (χ4v) is 1.94. The van der Waals surface area contributed by atoms with Crippen LogP contribution in [0.5, 0.6) is 0 Å². The number of benzene rings is 1. The Morgan fingerprint density at radius 3 is 3.08 bits per heavy atom. The Hall–Kier alpha value is -1.30. The Morgan fingerprint density at radius 1 is 1.46 bits per heavy atom. The average Bonchev–Trinajstić information content (AvgIpc) is 2.47. The summed E-state index contributed by atoms with van der Waals surface area (Å²) in [6.07, 6.45) is 6.37. The first-order valence-electron chi connectivity index (χ1n) is 4.70. The molecule has 0 atom stereocenters. The molecule has 1 aromatic carbocycles. The molecule has 0 nitrogen and oxygen atoms in total. The summed E-state index contributed by atoms with van der Waals surface area (Å²) in [5, 5.41) is 0. The molecule has 0 aliphatic heterocycles. The van der Waals surface area contributed by atoms with Crippen LogP contribution >= 0.6 is 0 Å². The second-order valence-corrected chi connectivity index (χ2v) is 3.65. The van der Waals surface area contributed by atoms with Crippen LogP contribution in [0.3, 0.4) is 0 Å². The maximum absolute atomic E-state index is 3.78. The van der Waals surface area contributed by atoms with Crippen LogP contribution in [0, 0.1) is 0 Å². The van der Waals surface area contributed by atoms with Crippen molar-refractivity contribution in [1.82, 2.24) is 0 Å². The average molecular weight is 170 g/mol. The van der Waals surface area contributed by atoms with Crippen LogP contribution in [0.15, 0.2) is 36.4 Å². The minimum Gasteiger partial charge on any atom is -0.103 e. The highest BCUT2D eigenvalue weighted by atomic mass is 14.2. The van der Waals surface area contributed by atoms with Crippen molar-refractivity contribution in [3.63, 3.8) is 0 Å². The molecule has 0 N–H and O–H groups in total. The van der Waals surface area contributed by atoms with Crippen molar-refractivity contribution in [2.24, 2.45) is 0 Å². The van der Waals surface area contributed by atoms with E-state index in [-0.39, 0.29) is 0 Å². The van der Waals surface area contributed by atoms with Gasteiger partial charge in [0.15, 0.2) is 0 Å². The third kappa shape index (κ3) is 1.44. The molecule has 0 saturated carbocycles. The third-order valence-electron chi connectivity index (χ3n) is 2.51. The van der Waals surface area contributed by atoms with Crippen LogP contribution in [-0.4, -0.2) is 0 Å². The van der Waals surface area contributed by atoms with Crippen LogP contribution in [0.2, 0.25) is 0 Å². The van der Waals surface area contributed by atoms with Crippen molar-refractivity contribution in [3.05, 3.63) is 53.1 Å². The first kappa shape index (κ1) is 8.31. The molecular weight excluding hydrogens is 156 g/mol. The lowest BCUT2D eigenvalue weighted by Gasteiger charge is -2.04. The first-order valence-corrected chi connectivity index (χ1v) is 4.70. The van der Waals surface area contributed by atoms with Gasteiger partial charge in [-0.2, -0.15) is 0 Å². The summed E-state index contributed by atoms with van der Waals surface area (Å²) in [5.74, 6) is 0. The number of hydrogen-bond acceptors (Lipinski definition) is 0. The molecule has 0 bridgehead atoms. The summed E-state index contributed by atoms with van der Waals surface area (Å²) in [4.78, 5) is 0. The summed E-state index contributed by atoms with van der Waals surface area (Å²) < 4.78 is 0. The Balaban J connectivity index is 2.48. The van der Waals surface area contributed by atoms with E-state index in [4.69, 9.17) is 0 Å². The van der Waals surface area contributed by atoms with Crippen LogP contribution in [-0.2, 0) is 12.8 Å². The number of fused-ring (bicyclic) bond motifs is 1. The molecule has 1 aromatic rings. The predicted octanol–water partition coefficient (Wildman–Crippen LogP) is 3.37. The third-order valence-corrected chi connectivity index (χ3v) is 2.51. The van der Waals surface area contributed by atoms with E-state index in [0.717, 1.165) is 12.8 Å². The minimum atomic E-state index is 0.979. The zero-order valence-corrected chi connectivity index (χ0v) is 8.01. The Kier molecular flexibility index (Phi) is 2.05. The summed E-state index contributed by atoms with van der Waals surface area (Å²) in [6.45, 7) is 5.97. The fourth-order valence-electron chi connectivity index (χ4n) is 1.94. The molecule has 13 heavy (non-hydrogen) atoms. The molecule has 0 saturated heterocycles. The van der Waals surface area contributed by atoms with Crippen LogP contribution < -0.4 is 0 Å². The van der Waals surface area contributed by atoms with E-state index in [2.05, 4.69) is 37.8 Å². The van der Waals surface area contributed by atoms with Gasteiger partial charge < -0.3 is 0 Å². The van der Waals surface area contributed by atoms with Crippen molar-refractivity contribution < 1.29 is 0 Å². The Bertz CT molecular complexity index is 370. The summed E-state index contributed by atoms with van der Waals surface area (Å²) >= 11 is 0. The maximum Gasteiger partial charge on any atom is -0.00605 e. The van der Waals surface area contributed by atoms with E-state index in [1.165, 1.54) is 22.3 Å². The van der Waals surface area contributed by atoms with Crippen molar-refractivity contribution in [3.8, 4) is 0 Å². The summed E-state index contributed by atoms with van der Waals surface area (Å²) in [6, 6.07) is 6.55. The molecule has 0 amide bonds. The van der Waals surface area contributed by atoms with Gasteiger partial charge in [0.2, 0.25) is 0 Å². The smallest absolute Gasteiger partial charge is 0.00605 e. The second kappa shape index (κ2) is 3.21. The summed E-state index contributed by atoms with van der Waals surface area (Å²) in [5.41, 5.74) is 5.77. The molecule has 0 fully saturated rings. The zero-order valence-electron chi connectivity index (χ0n) is 8.01. The molecule has 0 spiro atoms. The van der Waals surface area contributed by atoms with Gasteiger partial charge in [0.25, 0.3) is 0 Å². The van der Waals surface area contributed by atoms with Gasteiger partial charge in [-0.15, -0.1) is 6.58 Å². The fraction of sp³-hybridized carbons (Fsp3) is 0.231. The van der Waals surface area contributed by atoms with Crippen molar-refractivity contribution in [2.45, 2.75) is 19.8 Å². The number of rotatable bonds is 2. The molecular formula is C13H14. The Labute approximate surface area is 79.6 Å². The highest BCUT2D eigenvalue weighted by Crippen LogP contribution is 2.27. The van der Waals surface area contributed by atoms with Gasteiger partial charge in [-0.25, -0.2) is 0 Å². The number of hydrogen-bond donors (Lipinski definition) is 0. The van der Waals surface area contributed by atoms with Gasteiger partial charge >= 0.3 is 0 Å². The maximum atomic E-state index is 3.78. The first-order chi connectivity index (χ1) is 6.31. The standard InChI is InChI=1S/C13H14/c1-3-5-11-6-4-7-12-8-10(2)9-13(11)12/h3-4,6-7,9H,1,5,8H2,2H3. The van der Waals surface area contributed by atoms with E-state index in [0.29, 0.717) is 0 Å². The topological polar surface area (TPSA) is 0 Å². The lowest BCUT2D eigenvalue weighted by Crippen LogP contribution is -1.89. The monoisotopic (exact) mass is 170 g/mol. The van der Waals surface area contributed by atoms with E-state index in [9.17, 15) is 0 Å². The minimum absolute atomic E-state index is 0.979. The molecule has 0 heterocycles. The van der Waals surface area contributed by atoms with E-state index < -0.39 is 0 Å². The highest BCUT2D eigenvalue weighted by Gasteiger charge is 2.11. The van der Waals surface area contributed by atoms with Crippen LogP contribution in [0.1, 0.15) is 23.6 Å². The predicted molar refractivity (Wildman–Crippen MR) is 57.7 cm³/mol. The quantitative estimate of drug-likeness (QED) is 0.597. The molecule has 0 radical (unpaired) electrons. The molecule has 0 aromatic heterocycles. The molecule has 0 heteroatoms. The molecule has 0 unspecified atom stereocenters. The van der Waals surface area contributed by atoms with E-state index in [1.807, 2.05) is 6.08 Å². The zero-order chi connectivity index (χ0) is 9.26. The number of allylic oxidation sites excluding steroid dienone is 2. The lowest BCUT2D eigenvalue weighted by molar-refractivity contribution is 1.17. The van der Waals surface area contributed by atoms with E-state index >= 15 is 0 Å². The van der Waals surface area contributed by atoms with Gasteiger partial charge in [-0.05, 0) is 36.5 Å². The second-order valence-electron chi connectivity index (χ2n) is 3.65. The van der Waals surface area contributed by atoms with Crippen LogP contribution in [0.4, 0.5) is 0 Å². The Morgan fingerprint density at radius 2 is 2.31 bits per heavy atom. The van der Waals surface area contributed by atoms with Gasteiger partial charge in [0, 0.05) is 0 Å². The van der Waals surface area contributed by atoms with Crippen molar-refractivity contribution in [2.75, 3.05) is 0 Å². The summed E-state index contributed by atoms with van der Waals surface area (Å²) in [7, 11) is 0. The van der Waals surface area contributed by atoms with E-state index in [1.54, 1.807) is 0 Å². The highest BCUT2D eigenvalue weighted by molar-refractivity contribution is 5.66. The molecule has 66 valence electrons. The largest absolute Gasteiger partial charge is 0.103 e. The SMILES string of the molecule is C=CCc1cccc2c1C=C(C)C2. The van der Waals surface area contributed by atoms with Crippen molar-refractivity contribution >= 4 is 6.08 Å².